The maximum atomic E-state index is 12.3. The smallest absolute Gasteiger partial charge is 0.325 e. The van der Waals surface area contributed by atoms with Crippen LogP contribution in [0.15, 0.2) is 30.3 Å². The van der Waals surface area contributed by atoms with Crippen LogP contribution in [0.4, 0.5) is 0 Å². The summed E-state index contributed by atoms with van der Waals surface area (Å²) >= 11 is 4.95. The summed E-state index contributed by atoms with van der Waals surface area (Å²) in [6.07, 6.45) is 0. The molecule has 1 atom stereocenters. The van der Waals surface area contributed by atoms with E-state index in [1.807, 2.05) is 6.07 Å². The first-order valence-electron chi connectivity index (χ1n) is 5.63. The Morgan fingerprint density at radius 1 is 1.37 bits per heavy atom. The minimum Gasteiger partial charge on any atom is -0.468 e. The molecule has 1 aromatic rings. The van der Waals surface area contributed by atoms with Gasteiger partial charge in [-0.2, -0.15) is 0 Å². The van der Waals surface area contributed by atoms with Crippen LogP contribution < -0.4 is 5.73 Å². The Labute approximate surface area is 117 Å². The summed E-state index contributed by atoms with van der Waals surface area (Å²) in [5.74, 6) is -1.56. The highest BCUT2D eigenvalue weighted by molar-refractivity contribution is 7.80. The number of methoxy groups -OCH3 is 1. The summed E-state index contributed by atoms with van der Waals surface area (Å²) in [6.45, 7) is -0.138. The van der Waals surface area contributed by atoms with E-state index in [0.29, 0.717) is 5.56 Å². The van der Waals surface area contributed by atoms with Crippen molar-refractivity contribution < 1.29 is 14.3 Å². The standard InChI is InChI=1S/C13H16N2O3S/c1-15(8-10(16)18-2)13(17)11(12(14)19)9-6-4-3-5-7-9/h3-7,11H,8H2,1-2H3,(H2,14,19). The molecule has 5 nitrogen and oxygen atoms in total. The highest BCUT2D eigenvalue weighted by Crippen LogP contribution is 2.18. The van der Waals surface area contributed by atoms with Crippen molar-refractivity contribution in [2.75, 3.05) is 20.7 Å². The number of ether oxygens (including phenoxy) is 1. The molecule has 0 radical (unpaired) electrons. The van der Waals surface area contributed by atoms with Gasteiger partial charge in [0.1, 0.15) is 12.5 Å². The minimum atomic E-state index is -0.731. The quantitative estimate of drug-likeness (QED) is 0.634. The van der Waals surface area contributed by atoms with Gasteiger partial charge >= 0.3 is 5.97 Å². The van der Waals surface area contributed by atoms with E-state index < -0.39 is 11.9 Å². The van der Waals surface area contributed by atoms with Gasteiger partial charge in [-0.1, -0.05) is 42.5 Å². The number of rotatable bonds is 5. The molecular formula is C13H16N2O3S. The molecule has 19 heavy (non-hydrogen) atoms. The predicted molar refractivity (Wildman–Crippen MR) is 75.6 cm³/mol. The van der Waals surface area contributed by atoms with Crippen molar-refractivity contribution in [2.24, 2.45) is 5.73 Å². The Balaban J connectivity index is 2.92. The maximum Gasteiger partial charge on any atom is 0.325 e. The second kappa shape index (κ2) is 6.84. The third-order valence-electron chi connectivity index (χ3n) is 2.63. The largest absolute Gasteiger partial charge is 0.468 e. The van der Waals surface area contributed by atoms with Gasteiger partial charge < -0.3 is 15.4 Å². The van der Waals surface area contributed by atoms with E-state index in [2.05, 4.69) is 4.74 Å². The van der Waals surface area contributed by atoms with E-state index in [4.69, 9.17) is 18.0 Å². The van der Waals surface area contributed by atoms with Crippen molar-refractivity contribution >= 4 is 29.1 Å². The molecular weight excluding hydrogens is 264 g/mol. The second-order valence-electron chi connectivity index (χ2n) is 4.02. The highest BCUT2D eigenvalue weighted by Gasteiger charge is 2.27. The van der Waals surface area contributed by atoms with E-state index >= 15 is 0 Å². The Morgan fingerprint density at radius 3 is 2.42 bits per heavy atom. The van der Waals surface area contributed by atoms with E-state index in [1.54, 1.807) is 24.3 Å². The van der Waals surface area contributed by atoms with Crippen molar-refractivity contribution in [3.8, 4) is 0 Å². The number of benzene rings is 1. The van der Waals surface area contributed by atoms with Crippen molar-refractivity contribution in [3.05, 3.63) is 35.9 Å². The molecule has 0 saturated carbocycles. The zero-order valence-electron chi connectivity index (χ0n) is 10.8. The number of carbonyl (C=O) groups is 2. The molecule has 0 aliphatic rings. The van der Waals surface area contributed by atoms with Gasteiger partial charge in [-0.15, -0.1) is 0 Å². The van der Waals surface area contributed by atoms with Gasteiger partial charge in [0.25, 0.3) is 0 Å². The summed E-state index contributed by atoms with van der Waals surface area (Å²) < 4.78 is 4.52. The number of hydrogen-bond acceptors (Lipinski definition) is 4. The van der Waals surface area contributed by atoms with E-state index in [-0.39, 0.29) is 17.4 Å². The lowest BCUT2D eigenvalue weighted by Crippen LogP contribution is -2.40. The summed E-state index contributed by atoms with van der Waals surface area (Å²) in [6, 6.07) is 8.98. The molecule has 0 saturated heterocycles. The van der Waals surface area contributed by atoms with E-state index in [1.165, 1.54) is 19.1 Å². The number of esters is 1. The summed E-state index contributed by atoms with van der Waals surface area (Å²) in [5, 5.41) is 0. The Kier molecular flexibility index (Phi) is 5.44. The Bertz CT molecular complexity index is 476. The summed E-state index contributed by atoms with van der Waals surface area (Å²) in [5.41, 5.74) is 6.34. The minimum absolute atomic E-state index is 0.0768. The predicted octanol–water partition coefficient (Wildman–Crippen LogP) is 0.688. The number of hydrogen-bond donors (Lipinski definition) is 1. The van der Waals surface area contributed by atoms with Crippen molar-refractivity contribution in [1.82, 2.24) is 4.90 Å². The highest BCUT2D eigenvalue weighted by atomic mass is 32.1. The molecule has 0 aromatic heterocycles. The van der Waals surface area contributed by atoms with Gasteiger partial charge in [0.15, 0.2) is 0 Å². The van der Waals surface area contributed by atoms with Crippen LogP contribution in [0.3, 0.4) is 0 Å². The first-order chi connectivity index (χ1) is 8.97. The lowest BCUT2D eigenvalue weighted by Gasteiger charge is -2.22. The molecule has 2 N–H and O–H groups in total. The number of nitrogens with two attached hydrogens (primary N) is 1. The normalized spacial score (nSPS) is 11.5. The fraction of sp³-hybridized carbons (Fsp3) is 0.308. The lowest BCUT2D eigenvalue weighted by molar-refractivity contribution is -0.146. The average Bonchev–Trinajstić information content (AvgIpc) is 2.39. The lowest BCUT2D eigenvalue weighted by atomic mass is 9.98. The fourth-order valence-corrected chi connectivity index (χ4v) is 1.87. The molecule has 0 aliphatic heterocycles. The van der Waals surface area contributed by atoms with Crippen LogP contribution in [-0.4, -0.2) is 42.5 Å². The number of nitrogens with zero attached hydrogens (tertiary/aromatic N) is 1. The van der Waals surface area contributed by atoms with Crippen molar-refractivity contribution in [2.45, 2.75) is 5.92 Å². The van der Waals surface area contributed by atoms with Crippen LogP contribution in [-0.2, 0) is 14.3 Å². The number of carbonyl (C=O) groups excluding carboxylic acids is 2. The molecule has 0 fully saturated rings. The summed E-state index contributed by atoms with van der Waals surface area (Å²) in [4.78, 5) is 24.8. The molecule has 1 unspecified atom stereocenters. The monoisotopic (exact) mass is 280 g/mol. The van der Waals surface area contributed by atoms with Crippen LogP contribution in [0.5, 0.6) is 0 Å². The SMILES string of the molecule is COC(=O)CN(C)C(=O)C(C(N)=S)c1ccccc1. The third kappa shape index (κ3) is 4.03. The molecule has 1 aromatic carbocycles. The summed E-state index contributed by atoms with van der Waals surface area (Å²) in [7, 11) is 2.77. The second-order valence-corrected chi connectivity index (χ2v) is 4.49. The Morgan fingerprint density at radius 2 is 1.95 bits per heavy atom. The van der Waals surface area contributed by atoms with Crippen LogP contribution in [0, 0.1) is 0 Å². The van der Waals surface area contributed by atoms with Crippen molar-refractivity contribution in [3.63, 3.8) is 0 Å². The van der Waals surface area contributed by atoms with Gasteiger partial charge in [0.2, 0.25) is 5.91 Å². The first kappa shape index (κ1) is 15.1. The topological polar surface area (TPSA) is 72.6 Å². The van der Waals surface area contributed by atoms with Crippen LogP contribution in [0.2, 0.25) is 0 Å². The molecule has 1 rings (SSSR count). The molecule has 0 bridgehead atoms. The average molecular weight is 280 g/mol. The van der Waals surface area contributed by atoms with E-state index in [0.717, 1.165) is 0 Å². The van der Waals surface area contributed by atoms with Gasteiger partial charge in [0, 0.05) is 7.05 Å². The molecule has 0 aliphatic carbocycles. The zero-order chi connectivity index (χ0) is 14.4. The number of amides is 1. The van der Waals surface area contributed by atoms with Gasteiger partial charge in [-0.3, -0.25) is 9.59 Å². The Hall–Kier alpha value is -1.95. The van der Waals surface area contributed by atoms with Gasteiger partial charge in [-0.25, -0.2) is 0 Å². The van der Waals surface area contributed by atoms with Crippen LogP contribution >= 0.6 is 12.2 Å². The molecule has 6 heteroatoms. The number of likely N-dealkylation sites (N-methyl/N-ethyl adjacent to an activating group) is 1. The van der Waals surface area contributed by atoms with Crippen LogP contribution in [0.25, 0.3) is 0 Å². The fourth-order valence-electron chi connectivity index (χ4n) is 1.63. The van der Waals surface area contributed by atoms with Gasteiger partial charge in [-0.05, 0) is 5.56 Å². The first-order valence-corrected chi connectivity index (χ1v) is 6.04. The number of thiocarbonyl (C=S) groups is 1. The van der Waals surface area contributed by atoms with E-state index in [9.17, 15) is 9.59 Å². The molecule has 0 heterocycles. The third-order valence-corrected chi connectivity index (χ3v) is 2.87. The van der Waals surface area contributed by atoms with Crippen LogP contribution in [0.1, 0.15) is 11.5 Å². The van der Waals surface area contributed by atoms with Gasteiger partial charge in [0.05, 0.1) is 12.1 Å². The molecule has 1 amide bonds. The van der Waals surface area contributed by atoms with Crippen molar-refractivity contribution in [1.29, 1.82) is 0 Å². The zero-order valence-corrected chi connectivity index (χ0v) is 11.6. The molecule has 0 spiro atoms. The molecule has 102 valence electrons. The maximum absolute atomic E-state index is 12.3.